The topological polar surface area (TPSA) is 67.1 Å². The van der Waals surface area contributed by atoms with Crippen LogP contribution in [0.5, 0.6) is 0 Å². The van der Waals surface area contributed by atoms with Crippen molar-refractivity contribution in [3.8, 4) is 0 Å². The minimum atomic E-state index is 0.386. The van der Waals surface area contributed by atoms with Crippen LogP contribution < -0.4 is 16.2 Å². The van der Waals surface area contributed by atoms with E-state index in [1.807, 2.05) is 7.05 Å². The third-order valence-corrected chi connectivity index (χ3v) is 2.55. The third kappa shape index (κ3) is 1.73. The first-order valence-electron chi connectivity index (χ1n) is 4.44. The van der Waals surface area contributed by atoms with Crippen LogP contribution in [0.3, 0.4) is 0 Å². The van der Waals surface area contributed by atoms with Gasteiger partial charge in [-0.1, -0.05) is 11.6 Å². The van der Waals surface area contributed by atoms with Crippen LogP contribution in [-0.2, 0) is 0 Å². The number of nitrogen functional groups attached to an aromatic ring is 1. The summed E-state index contributed by atoms with van der Waals surface area (Å²) in [7, 11) is 1.98. The Balaban J connectivity index is 2.29. The van der Waals surface area contributed by atoms with Gasteiger partial charge in [-0.3, -0.25) is 5.43 Å². The molecule has 0 radical (unpaired) electrons. The number of aromatic nitrogens is 2. The Kier molecular flexibility index (Phi) is 2.43. The standard InChI is InChI=1S/C8H12ClN5/c1-14(5-2-3-5)7-6(9)4-11-8(12-7)13-10/h4-5H,2-3,10H2,1H3,(H,11,12,13). The molecule has 3 N–H and O–H groups in total. The van der Waals surface area contributed by atoms with Crippen molar-refractivity contribution in [3.63, 3.8) is 0 Å². The second-order valence-electron chi connectivity index (χ2n) is 3.35. The second-order valence-corrected chi connectivity index (χ2v) is 3.76. The average Bonchev–Trinajstić information content (AvgIpc) is 3.01. The maximum absolute atomic E-state index is 5.98. The van der Waals surface area contributed by atoms with E-state index in [-0.39, 0.29) is 0 Å². The number of hydrogen-bond acceptors (Lipinski definition) is 5. The highest BCUT2D eigenvalue weighted by molar-refractivity contribution is 6.32. The van der Waals surface area contributed by atoms with Crippen LogP contribution >= 0.6 is 11.6 Å². The zero-order valence-corrected chi connectivity index (χ0v) is 8.62. The molecule has 2 rings (SSSR count). The van der Waals surface area contributed by atoms with E-state index in [1.54, 1.807) is 6.20 Å². The van der Waals surface area contributed by atoms with E-state index in [2.05, 4.69) is 20.3 Å². The summed E-state index contributed by atoms with van der Waals surface area (Å²) in [5.74, 6) is 6.34. The Labute approximate surface area is 87.2 Å². The third-order valence-electron chi connectivity index (χ3n) is 2.28. The number of nitrogens with two attached hydrogens (primary N) is 1. The molecule has 0 saturated heterocycles. The highest BCUT2D eigenvalue weighted by Crippen LogP contribution is 2.32. The van der Waals surface area contributed by atoms with Crippen molar-refractivity contribution < 1.29 is 0 Å². The number of anilines is 2. The van der Waals surface area contributed by atoms with Crippen molar-refractivity contribution in [2.24, 2.45) is 5.84 Å². The normalized spacial score (nSPS) is 15.4. The minimum Gasteiger partial charge on any atom is -0.355 e. The zero-order chi connectivity index (χ0) is 10.1. The summed E-state index contributed by atoms with van der Waals surface area (Å²) in [6.45, 7) is 0. The molecule has 1 aromatic heterocycles. The molecule has 1 heterocycles. The molecule has 0 aromatic carbocycles. The number of nitrogens with one attached hydrogen (secondary N) is 1. The fraction of sp³-hybridized carbons (Fsp3) is 0.500. The lowest BCUT2D eigenvalue weighted by Crippen LogP contribution is -2.22. The van der Waals surface area contributed by atoms with Crippen LogP contribution in [-0.4, -0.2) is 23.1 Å². The quantitative estimate of drug-likeness (QED) is 0.580. The van der Waals surface area contributed by atoms with Crippen molar-refractivity contribution in [1.29, 1.82) is 0 Å². The van der Waals surface area contributed by atoms with Crippen LogP contribution in [0.15, 0.2) is 6.20 Å². The van der Waals surface area contributed by atoms with Crippen LogP contribution in [0.25, 0.3) is 0 Å². The summed E-state index contributed by atoms with van der Waals surface area (Å²) < 4.78 is 0. The van der Waals surface area contributed by atoms with Gasteiger partial charge in [0.2, 0.25) is 5.95 Å². The highest BCUT2D eigenvalue weighted by atomic mass is 35.5. The highest BCUT2D eigenvalue weighted by Gasteiger charge is 2.28. The number of rotatable bonds is 3. The largest absolute Gasteiger partial charge is 0.355 e. The lowest BCUT2D eigenvalue weighted by atomic mass is 10.5. The van der Waals surface area contributed by atoms with E-state index >= 15 is 0 Å². The van der Waals surface area contributed by atoms with Gasteiger partial charge in [0, 0.05) is 13.1 Å². The monoisotopic (exact) mass is 213 g/mol. The number of nitrogens with zero attached hydrogens (tertiary/aromatic N) is 3. The molecule has 1 aliphatic carbocycles. The first kappa shape index (κ1) is 9.48. The van der Waals surface area contributed by atoms with Gasteiger partial charge in [0.25, 0.3) is 0 Å². The van der Waals surface area contributed by atoms with Gasteiger partial charge in [-0.15, -0.1) is 0 Å². The minimum absolute atomic E-state index is 0.386. The van der Waals surface area contributed by atoms with Crippen molar-refractivity contribution in [1.82, 2.24) is 9.97 Å². The summed E-state index contributed by atoms with van der Waals surface area (Å²) >= 11 is 5.98. The van der Waals surface area contributed by atoms with Crippen molar-refractivity contribution in [2.45, 2.75) is 18.9 Å². The van der Waals surface area contributed by atoms with Gasteiger partial charge >= 0.3 is 0 Å². The van der Waals surface area contributed by atoms with Gasteiger partial charge in [-0.05, 0) is 12.8 Å². The van der Waals surface area contributed by atoms with E-state index in [0.717, 1.165) is 5.82 Å². The van der Waals surface area contributed by atoms with Gasteiger partial charge in [-0.25, -0.2) is 10.8 Å². The van der Waals surface area contributed by atoms with Crippen LogP contribution in [0.1, 0.15) is 12.8 Å². The van der Waals surface area contributed by atoms with Crippen molar-refractivity contribution in [3.05, 3.63) is 11.2 Å². The van der Waals surface area contributed by atoms with Gasteiger partial charge in [0.1, 0.15) is 5.02 Å². The van der Waals surface area contributed by atoms with E-state index in [1.165, 1.54) is 12.8 Å². The SMILES string of the molecule is CN(c1nc(NN)ncc1Cl)C1CC1. The molecule has 0 spiro atoms. The molecule has 1 fully saturated rings. The molecular formula is C8H12ClN5. The zero-order valence-electron chi connectivity index (χ0n) is 7.87. The molecular weight excluding hydrogens is 202 g/mol. The molecule has 14 heavy (non-hydrogen) atoms. The molecule has 0 amide bonds. The molecule has 6 heteroatoms. The van der Waals surface area contributed by atoms with E-state index in [9.17, 15) is 0 Å². The van der Waals surface area contributed by atoms with Gasteiger partial charge in [0.05, 0.1) is 6.20 Å². The molecule has 0 atom stereocenters. The molecule has 0 unspecified atom stereocenters. The second kappa shape index (κ2) is 3.59. The molecule has 76 valence electrons. The summed E-state index contributed by atoms with van der Waals surface area (Å²) in [5, 5.41) is 0.554. The predicted octanol–water partition coefficient (Wildman–Crippen LogP) is 1.01. The Morgan fingerprint density at radius 2 is 2.36 bits per heavy atom. The van der Waals surface area contributed by atoms with E-state index in [0.29, 0.717) is 17.0 Å². The average molecular weight is 214 g/mol. The van der Waals surface area contributed by atoms with E-state index in [4.69, 9.17) is 17.4 Å². The summed E-state index contributed by atoms with van der Waals surface area (Å²) in [6, 6.07) is 0.563. The lowest BCUT2D eigenvalue weighted by molar-refractivity contribution is 0.885. The van der Waals surface area contributed by atoms with Crippen molar-refractivity contribution in [2.75, 3.05) is 17.4 Å². The van der Waals surface area contributed by atoms with Crippen molar-refractivity contribution >= 4 is 23.4 Å². The lowest BCUT2D eigenvalue weighted by Gasteiger charge is -2.18. The summed E-state index contributed by atoms with van der Waals surface area (Å²) in [6.07, 6.45) is 3.95. The summed E-state index contributed by atoms with van der Waals surface area (Å²) in [4.78, 5) is 10.2. The molecule has 1 aromatic rings. The Morgan fingerprint density at radius 3 is 2.93 bits per heavy atom. The van der Waals surface area contributed by atoms with Crippen LogP contribution in [0.2, 0.25) is 5.02 Å². The number of halogens is 1. The first-order valence-corrected chi connectivity index (χ1v) is 4.82. The predicted molar refractivity (Wildman–Crippen MR) is 56.3 cm³/mol. The molecule has 1 aliphatic rings. The fourth-order valence-corrected chi connectivity index (χ4v) is 1.53. The maximum atomic E-state index is 5.98. The molecule has 0 aliphatic heterocycles. The van der Waals surface area contributed by atoms with Gasteiger partial charge in [-0.2, -0.15) is 4.98 Å². The fourth-order valence-electron chi connectivity index (χ4n) is 1.31. The number of hydrogen-bond donors (Lipinski definition) is 2. The molecule has 0 bridgehead atoms. The smallest absolute Gasteiger partial charge is 0.239 e. The first-order chi connectivity index (χ1) is 6.72. The van der Waals surface area contributed by atoms with Gasteiger partial charge in [0.15, 0.2) is 5.82 Å². The Morgan fingerprint density at radius 1 is 1.64 bits per heavy atom. The summed E-state index contributed by atoms with van der Waals surface area (Å²) in [5.41, 5.74) is 2.40. The Hall–Kier alpha value is -1.07. The van der Waals surface area contributed by atoms with E-state index < -0.39 is 0 Å². The van der Waals surface area contributed by atoms with Crippen LogP contribution in [0, 0.1) is 0 Å². The molecule has 5 nitrogen and oxygen atoms in total. The molecule has 1 saturated carbocycles. The Bertz CT molecular complexity index is 339. The van der Waals surface area contributed by atoms with Gasteiger partial charge < -0.3 is 4.90 Å². The van der Waals surface area contributed by atoms with Crippen LogP contribution in [0.4, 0.5) is 11.8 Å². The number of hydrazine groups is 1. The maximum Gasteiger partial charge on any atom is 0.239 e.